The van der Waals surface area contributed by atoms with E-state index in [2.05, 4.69) is 15.9 Å². The Hall–Kier alpha value is -0.970. The summed E-state index contributed by atoms with van der Waals surface area (Å²) in [4.78, 5) is 11.3. The number of aliphatic carboxylic acids is 1. The molecule has 5 heteroatoms. The van der Waals surface area contributed by atoms with Crippen LogP contribution in [0.1, 0.15) is 37.7 Å². The molecular formula is C14H15BrF2O2. The molecule has 0 bridgehead atoms. The zero-order chi connectivity index (χ0) is 14.2. The zero-order valence-corrected chi connectivity index (χ0v) is 12.1. The lowest BCUT2D eigenvalue weighted by atomic mass is 9.71. The maximum atomic E-state index is 14.1. The van der Waals surface area contributed by atoms with Crippen LogP contribution in [0.4, 0.5) is 8.78 Å². The topological polar surface area (TPSA) is 37.3 Å². The van der Waals surface area contributed by atoms with E-state index >= 15 is 0 Å². The second-order valence-corrected chi connectivity index (χ2v) is 6.08. The summed E-state index contributed by atoms with van der Waals surface area (Å²) in [5.41, 5.74) is -0.0895. The lowest BCUT2D eigenvalue weighted by Gasteiger charge is -2.33. The molecule has 0 aliphatic heterocycles. The molecule has 1 fully saturated rings. The fourth-order valence-corrected chi connectivity index (χ4v) is 3.22. The lowest BCUT2D eigenvalue weighted by Crippen LogP contribution is -2.29. The van der Waals surface area contributed by atoms with Gasteiger partial charge >= 0.3 is 5.97 Å². The number of halogens is 3. The highest BCUT2D eigenvalue weighted by atomic mass is 79.9. The minimum atomic E-state index is -0.976. The molecule has 1 aromatic rings. The maximum absolute atomic E-state index is 14.1. The van der Waals surface area contributed by atoms with Crippen LogP contribution in [0.5, 0.6) is 0 Å². The Labute approximate surface area is 118 Å². The Morgan fingerprint density at radius 1 is 1.37 bits per heavy atom. The molecule has 0 spiro atoms. The number of rotatable bonds is 2. The molecule has 1 aliphatic carbocycles. The highest BCUT2D eigenvalue weighted by Gasteiger charge is 2.37. The van der Waals surface area contributed by atoms with Crippen LogP contribution < -0.4 is 0 Å². The third-order valence-electron chi connectivity index (χ3n) is 3.88. The third kappa shape index (κ3) is 2.81. The molecule has 0 saturated heterocycles. The standard InChI is InChI=1S/C14H15BrF2O2/c1-7-2-3-8(14(18)19)9(6-7)12-11(16)5-4-10(15)13(12)17/h4-5,7-9H,2-3,6H2,1H3,(H,18,19). The van der Waals surface area contributed by atoms with Crippen molar-refractivity contribution in [2.45, 2.75) is 32.1 Å². The number of hydrogen-bond acceptors (Lipinski definition) is 1. The minimum absolute atomic E-state index is 0.0895. The number of carbonyl (C=O) groups is 1. The van der Waals surface area contributed by atoms with E-state index < -0.39 is 29.4 Å². The van der Waals surface area contributed by atoms with Gasteiger partial charge in [-0.2, -0.15) is 0 Å². The molecule has 1 aromatic carbocycles. The van der Waals surface area contributed by atoms with Gasteiger partial charge in [0.1, 0.15) is 11.6 Å². The van der Waals surface area contributed by atoms with Crippen molar-refractivity contribution < 1.29 is 18.7 Å². The van der Waals surface area contributed by atoms with Gasteiger partial charge in [0.2, 0.25) is 0 Å². The number of carboxylic acid groups (broad SMARTS) is 1. The van der Waals surface area contributed by atoms with E-state index in [0.717, 1.165) is 6.42 Å². The Morgan fingerprint density at radius 3 is 2.68 bits per heavy atom. The average Bonchev–Trinajstić information content (AvgIpc) is 2.34. The summed E-state index contributed by atoms with van der Waals surface area (Å²) in [5.74, 6) is -3.35. The van der Waals surface area contributed by atoms with E-state index in [9.17, 15) is 18.7 Å². The second-order valence-electron chi connectivity index (χ2n) is 5.23. The summed E-state index contributed by atoms with van der Waals surface area (Å²) in [6.07, 6.45) is 1.75. The zero-order valence-electron chi connectivity index (χ0n) is 10.5. The predicted octanol–water partition coefficient (Wildman–Crippen LogP) is 4.33. The maximum Gasteiger partial charge on any atom is 0.307 e. The first-order chi connectivity index (χ1) is 8.91. The quantitative estimate of drug-likeness (QED) is 0.818. The van der Waals surface area contributed by atoms with E-state index in [0.29, 0.717) is 12.8 Å². The summed E-state index contributed by atoms with van der Waals surface area (Å²) >= 11 is 3.03. The van der Waals surface area contributed by atoms with Crippen LogP contribution in [0.2, 0.25) is 0 Å². The number of benzene rings is 1. The minimum Gasteiger partial charge on any atom is -0.481 e. The Kier molecular flexibility index (Phi) is 4.23. The molecule has 19 heavy (non-hydrogen) atoms. The molecule has 0 amide bonds. The first-order valence-electron chi connectivity index (χ1n) is 6.28. The monoisotopic (exact) mass is 332 g/mol. The van der Waals surface area contributed by atoms with Crippen molar-refractivity contribution in [3.8, 4) is 0 Å². The van der Waals surface area contributed by atoms with Crippen LogP contribution in [0.3, 0.4) is 0 Å². The summed E-state index contributed by atoms with van der Waals surface area (Å²) in [6.45, 7) is 1.98. The van der Waals surface area contributed by atoms with Gasteiger partial charge in [0.15, 0.2) is 0 Å². The number of carboxylic acids is 1. The first-order valence-corrected chi connectivity index (χ1v) is 7.07. The lowest BCUT2D eigenvalue weighted by molar-refractivity contribution is -0.143. The Morgan fingerprint density at radius 2 is 2.05 bits per heavy atom. The van der Waals surface area contributed by atoms with Gasteiger partial charge < -0.3 is 5.11 Å². The van der Waals surface area contributed by atoms with Gasteiger partial charge in [0.25, 0.3) is 0 Å². The van der Waals surface area contributed by atoms with Crippen molar-refractivity contribution >= 4 is 21.9 Å². The molecule has 2 rings (SSSR count). The second kappa shape index (κ2) is 5.57. The van der Waals surface area contributed by atoms with Gasteiger partial charge in [-0.3, -0.25) is 4.79 Å². The van der Waals surface area contributed by atoms with E-state index in [1.54, 1.807) is 0 Å². The first kappa shape index (κ1) is 14.4. The fraction of sp³-hybridized carbons (Fsp3) is 0.500. The Balaban J connectivity index is 2.47. The molecule has 1 N–H and O–H groups in total. The van der Waals surface area contributed by atoms with Gasteiger partial charge in [-0.25, -0.2) is 8.78 Å². The van der Waals surface area contributed by atoms with Crippen molar-refractivity contribution in [2.75, 3.05) is 0 Å². The van der Waals surface area contributed by atoms with Gasteiger partial charge in [-0.1, -0.05) is 6.92 Å². The summed E-state index contributed by atoms with van der Waals surface area (Å²) < 4.78 is 28.2. The molecule has 0 radical (unpaired) electrons. The molecule has 0 heterocycles. The van der Waals surface area contributed by atoms with Crippen molar-refractivity contribution in [1.82, 2.24) is 0 Å². The molecular weight excluding hydrogens is 318 g/mol. The summed E-state index contributed by atoms with van der Waals surface area (Å²) in [6, 6.07) is 2.48. The highest BCUT2D eigenvalue weighted by molar-refractivity contribution is 9.10. The summed E-state index contributed by atoms with van der Waals surface area (Å²) in [5, 5.41) is 9.25. The van der Waals surface area contributed by atoms with Gasteiger partial charge in [-0.15, -0.1) is 0 Å². The predicted molar refractivity (Wildman–Crippen MR) is 70.9 cm³/mol. The van der Waals surface area contributed by atoms with Crippen LogP contribution in [0, 0.1) is 23.5 Å². The van der Waals surface area contributed by atoms with Crippen molar-refractivity contribution in [1.29, 1.82) is 0 Å². The van der Waals surface area contributed by atoms with E-state index in [1.165, 1.54) is 12.1 Å². The van der Waals surface area contributed by atoms with Crippen LogP contribution in [0.25, 0.3) is 0 Å². The molecule has 104 valence electrons. The van der Waals surface area contributed by atoms with Gasteiger partial charge in [0, 0.05) is 11.5 Å². The van der Waals surface area contributed by atoms with Gasteiger partial charge in [0.05, 0.1) is 10.4 Å². The highest BCUT2D eigenvalue weighted by Crippen LogP contribution is 2.43. The smallest absolute Gasteiger partial charge is 0.307 e. The van der Waals surface area contributed by atoms with Crippen LogP contribution in [0.15, 0.2) is 16.6 Å². The average molecular weight is 333 g/mol. The molecule has 2 nitrogen and oxygen atoms in total. The van der Waals surface area contributed by atoms with Crippen molar-refractivity contribution in [2.24, 2.45) is 11.8 Å². The van der Waals surface area contributed by atoms with E-state index in [-0.39, 0.29) is 16.0 Å². The number of hydrogen-bond donors (Lipinski definition) is 1. The molecule has 1 aliphatic rings. The largest absolute Gasteiger partial charge is 0.481 e. The van der Waals surface area contributed by atoms with Gasteiger partial charge in [-0.05, 0) is 53.2 Å². The third-order valence-corrected chi connectivity index (χ3v) is 4.49. The molecule has 3 atom stereocenters. The fourth-order valence-electron chi connectivity index (χ4n) is 2.88. The van der Waals surface area contributed by atoms with Crippen molar-refractivity contribution in [3.63, 3.8) is 0 Å². The van der Waals surface area contributed by atoms with Crippen molar-refractivity contribution in [3.05, 3.63) is 33.8 Å². The van der Waals surface area contributed by atoms with Crippen LogP contribution in [-0.2, 0) is 4.79 Å². The van der Waals surface area contributed by atoms with Crippen LogP contribution in [-0.4, -0.2) is 11.1 Å². The molecule has 0 aromatic heterocycles. The Bertz CT molecular complexity index is 504. The van der Waals surface area contributed by atoms with E-state index in [4.69, 9.17) is 0 Å². The molecule has 3 unspecified atom stereocenters. The van der Waals surface area contributed by atoms with E-state index in [1.807, 2.05) is 6.92 Å². The summed E-state index contributed by atoms with van der Waals surface area (Å²) in [7, 11) is 0. The molecule has 1 saturated carbocycles. The SMILES string of the molecule is CC1CCC(C(=O)O)C(c2c(F)ccc(Br)c2F)C1. The normalized spacial score (nSPS) is 27.3. The van der Waals surface area contributed by atoms with Crippen LogP contribution >= 0.6 is 15.9 Å².